The van der Waals surface area contributed by atoms with Crippen molar-refractivity contribution in [3.63, 3.8) is 0 Å². The van der Waals surface area contributed by atoms with Crippen molar-refractivity contribution < 1.29 is 4.79 Å². The van der Waals surface area contributed by atoms with E-state index in [9.17, 15) is 4.79 Å². The molecule has 5 heterocycles. The first-order chi connectivity index (χ1) is 12.8. The molecule has 0 saturated carbocycles. The summed E-state index contributed by atoms with van der Waals surface area (Å²) in [6.07, 6.45) is 8.84. The fourth-order valence-electron chi connectivity index (χ4n) is 2.85. The van der Waals surface area contributed by atoms with Gasteiger partial charge in [0, 0.05) is 40.5 Å². The molecular weight excluding hydrogens is 348 g/mol. The van der Waals surface area contributed by atoms with Crippen LogP contribution in [0.3, 0.4) is 0 Å². The molecule has 0 spiro atoms. The van der Waals surface area contributed by atoms with Crippen molar-refractivity contribution in [2.75, 3.05) is 5.32 Å². The number of aromatic nitrogens is 5. The summed E-state index contributed by atoms with van der Waals surface area (Å²) in [4.78, 5) is 28.5. The maximum absolute atomic E-state index is 12.5. The Labute approximate surface area is 151 Å². The number of nitrogens with one attached hydrogen (secondary N) is 2. The van der Waals surface area contributed by atoms with E-state index in [1.54, 1.807) is 30.9 Å². The van der Waals surface area contributed by atoms with E-state index in [1.165, 1.54) is 11.3 Å². The van der Waals surface area contributed by atoms with Crippen molar-refractivity contribution in [1.29, 1.82) is 0 Å². The summed E-state index contributed by atoms with van der Waals surface area (Å²) in [7, 11) is 0. The lowest BCUT2D eigenvalue weighted by atomic mass is 10.2. The van der Waals surface area contributed by atoms with E-state index in [0.29, 0.717) is 10.7 Å². The Morgan fingerprint density at radius 1 is 1.31 bits per heavy atom. The summed E-state index contributed by atoms with van der Waals surface area (Å²) in [5, 5.41) is 6.33. The molecule has 0 aliphatic rings. The topological polar surface area (TPSA) is 88.0 Å². The Hall–Kier alpha value is -3.52. The zero-order valence-corrected chi connectivity index (χ0v) is 14.2. The molecule has 26 heavy (non-hydrogen) atoms. The van der Waals surface area contributed by atoms with Gasteiger partial charge in [0.05, 0.1) is 23.7 Å². The molecule has 5 aromatic heterocycles. The molecule has 0 fully saturated rings. The van der Waals surface area contributed by atoms with Crippen LogP contribution in [-0.2, 0) is 0 Å². The van der Waals surface area contributed by atoms with Gasteiger partial charge in [0.1, 0.15) is 5.65 Å². The minimum absolute atomic E-state index is 0.199. The van der Waals surface area contributed by atoms with Gasteiger partial charge in [-0.25, -0.2) is 15.0 Å². The van der Waals surface area contributed by atoms with Gasteiger partial charge in [0.25, 0.3) is 5.91 Å². The molecule has 126 valence electrons. The number of nitrogens with zero attached hydrogens (tertiary/aromatic N) is 4. The number of amides is 1. The second-order valence-corrected chi connectivity index (χ2v) is 6.59. The van der Waals surface area contributed by atoms with Crippen LogP contribution in [0.2, 0.25) is 0 Å². The largest absolute Gasteiger partial charge is 0.345 e. The predicted octanol–water partition coefficient (Wildman–Crippen LogP) is 3.59. The zero-order valence-electron chi connectivity index (χ0n) is 13.4. The van der Waals surface area contributed by atoms with Crippen LogP contribution in [0.1, 0.15) is 10.4 Å². The first-order valence-corrected chi connectivity index (χ1v) is 8.77. The highest BCUT2D eigenvalue weighted by atomic mass is 32.1. The third-order valence-electron chi connectivity index (χ3n) is 4.13. The predicted molar refractivity (Wildman–Crippen MR) is 100 cm³/mol. The lowest BCUT2D eigenvalue weighted by Crippen LogP contribution is -2.11. The number of pyridine rings is 2. The first-order valence-electron chi connectivity index (χ1n) is 7.89. The van der Waals surface area contributed by atoms with Gasteiger partial charge in [0.2, 0.25) is 0 Å². The van der Waals surface area contributed by atoms with Crippen LogP contribution in [0.5, 0.6) is 0 Å². The molecule has 5 aromatic rings. The van der Waals surface area contributed by atoms with Crippen molar-refractivity contribution in [2.24, 2.45) is 0 Å². The third-order valence-corrected chi connectivity index (χ3v) is 4.89. The number of carbonyl (C=O) groups excluding carboxylic acids is 1. The van der Waals surface area contributed by atoms with Gasteiger partial charge in [-0.3, -0.25) is 10.1 Å². The Bertz CT molecular complexity index is 1250. The summed E-state index contributed by atoms with van der Waals surface area (Å²) < 4.78 is 1.85. The molecule has 0 saturated heterocycles. The monoisotopic (exact) mass is 360 g/mol. The molecule has 0 aliphatic carbocycles. The molecule has 5 rings (SSSR count). The number of imidazole rings is 1. The van der Waals surface area contributed by atoms with Crippen LogP contribution < -0.4 is 5.32 Å². The highest BCUT2D eigenvalue weighted by molar-refractivity contribution is 7.14. The summed E-state index contributed by atoms with van der Waals surface area (Å²) in [6, 6.07) is 7.43. The number of carbonyl (C=O) groups is 1. The average molecular weight is 360 g/mol. The lowest BCUT2D eigenvalue weighted by Gasteiger charge is -2.02. The second-order valence-electron chi connectivity index (χ2n) is 5.74. The Morgan fingerprint density at radius 3 is 3.23 bits per heavy atom. The standard InChI is InChI=1S/C18H12N6OS/c25-17(11-3-5-24-10-19-7-12(24)6-11)23-18-22-15(9-26-18)14-8-21-16-13(14)2-1-4-20-16/h1-10H,(H,20,21)(H,22,23,25). The Balaban J connectivity index is 1.42. The van der Waals surface area contributed by atoms with E-state index in [0.717, 1.165) is 27.8 Å². The van der Waals surface area contributed by atoms with Crippen molar-refractivity contribution in [1.82, 2.24) is 24.3 Å². The first kappa shape index (κ1) is 14.8. The molecule has 0 radical (unpaired) electrons. The van der Waals surface area contributed by atoms with Crippen molar-refractivity contribution in [3.8, 4) is 11.3 Å². The summed E-state index contributed by atoms with van der Waals surface area (Å²) in [5.74, 6) is -0.199. The zero-order chi connectivity index (χ0) is 17.5. The normalized spacial score (nSPS) is 11.2. The van der Waals surface area contributed by atoms with Crippen molar-refractivity contribution in [2.45, 2.75) is 0 Å². The van der Waals surface area contributed by atoms with E-state index in [1.807, 2.05) is 34.3 Å². The molecule has 7 nitrogen and oxygen atoms in total. The third kappa shape index (κ3) is 2.44. The van der Waals surface area contributed by atoms with Gasteiger partial charge in [-0.2, -0.15) is 0 Å². The van der Waals surface area contributed by atoms with Crippen LogP contribution in [0.15, 0.2) is 60.8 Å². The van der Waals surface area contributed by atoms with E-state index < -0.39 is 0 Å². The molecule has 0 atom stereocenters. The summed E-state index contributed by atoms with van der Waals surface area (Å²) in [5.41, 5.74) is 4.01. The maximum atomic E-state index is 12.5. The highest BCUT2D eigenvalue weighted by Crippen LogP contribution is 2.30. The fraction of sp³-hybridized carbons (Fsp3) is 0. The van der Waals surface area contributed by atoms with Gasteiger partial charge in [-0.05, 0) is 24.3 Å². The van der Waals surface area contributed by atoms with Gasteiger partial charge >= 0.3 is 0 Å². The van der Waals surface area contributed by atoms with Crippen LogP contribution >= 0.6 is 11.3 Å². The molecule has 0 unspecified atom stereocenters. The number of aromatic amines is 1. The minimum Gasteiger partial charge on any atom is -0.345 e. The second kappa shape index (κ2) is 5.78. The number of rotatable bonds is 3. The highest BCUT2D eigenvalue weighted by Gasteiger charge is 2.13. The molecule has 2 N–H and O–H groups in total. The number of H-pyrrole nitrogens is 1. The number of hydrogen-bond donors (Lipinski definition) is 2. The van der Waals surface area contributed by atoms with Crippen LogP contribution in [0.25, 0.3) is 27.8 Å². The maximum Gasteiger partial charge on any atom is 0.257 e. The number of hydrogen-bond acceptors (Lipinski definition) is 5. The van der Waals surface area contributed by atoms with Gasteiger partial charge < -0.3 is 9.38 Å². The van der Waals surface area contributed by atoms with Crippen molar-refractivity contribution in [3.05, 3.63) is 66.3 Å². The van der Waals surface area contributed by atoms with Gasteiger partial charge in [-0.15, -0.1) is 11.3 Å². The van der Waals surface area contributed by atoms with E-state index in [4.69, 9.17) is 0 Å². The van der Waals surface area contributed by atoms with Crippen LogP contribution in [0.4, 0.5) is 5.13 Å². The lowest BCUT2D eigenvalue weighted by molar-refractivity contribution is 0.102. The smallest absolute Gasteiger partial charge is 0.257 e. The Morgan fingerprint density at radius 2 is 2.27 bits per heavy atom. The van der Waals surface area contributed by atoms with E-state index in [-0.39, 0.29) is 5.91 Å². The van der Waals surface area contributed by atoms with Crippen molar-refractivity contribution >= 4 is 38.9 Å². The van der Waals surface area contributed by atoms with E-state index >= 15 is 0 Å². The minimum atomic E-state index is -0.199. The van der Waals surface area contributed by atoms with Crippen LogP contribution in [-0.4, -0.2) is 30.2 Å². The SMILES string of the molecule is O=C(Nc1nc(-c2c[nH]c3ncccc23)cs1)c1ccn2cncc2c1. The van der Waals surface area contributed by atoms with Gasteiger partial charge in [0.15, 0.2) is 5.13 Å². The quantitative estimate of drug-likeness (QED) is 0.515. The van der Waals surface area contributed by atoms with Crippen LogP contribution in [0, 0.1) is 0 Å². The molecule has 1 amide bonds. The molecule has 0 aliphatic heterocycles. The van der Waals surface area contributed by atoms with E-state index in [2.05, 4.69) is 25.3 Å². The molecular formula is C18H12N6OS. The molecule has 0 aromatic carbocycles. The average Bonchev–Trinajstić information content (AvgIpc) is 3.39. The Kier molecular flexibility index (Phi) is 3.29. The summed E-state index contributed by atoms with van der Waals surface area (Å²) >= 11 is 1.39. The molecule has 8 heteroatoms. The number of fused-ring (bicyclic) bond motifs is 2. The summed E-state index contributed by atoms with van der Waals surface area (Å²) in [6.45, 7) is 0. The molecule has 0 bridgehead atoms. The van der Waals surface area contributed by atoms with Gasteiger partial charge in [-0.1, -0.05) is 0 Å². The number of thiazole rings is 1. The number of anilines is 1. The fourth-order valence-corrected chi connectivity index (χ4v) is 3.56.